The summed E-state index contributed by atoms with van der Waals surface area (Å²) >= 11 is 0. The summed E-state index contributed by atoms with van der Waals surface area (Å²) < 4.78 is 0. The summed E-state index contributed by atoms with van der Waals surface area (Å²) in [6.45, 7) is 3.63. The molecule has 2 bridgehead atoms. The number of benzene rings is 2. The number of halogens is 1. The van der Waals surface area contributed by atoms with Crippen molar-refractivity contribution >= 4 is 18.7 Å². The van der Waals surface area contributed by atoms with Gasteiger partial charge in [0.2, 0.25) is 0 Å². The number of likely N-dealkylation sites (tertiary alicyclic amines) is 1. The Morgan fingerprint density at radius 1 is 1.04 bits per heavy atom. The molecule has 1 heterocycles. The van der Waals surface area contributed by atoms with Crippen LogP contribution in [0.3, 0.4) is 0 Å². The molecule has 1 spiro atoms. The van der Waals surface area contributed by atoms with E-state index in [1.807, 2.05) is 6.07 Å². The summed E-state index contributed by atoms with van der Waals surface area (Å²) in [4.78, 5) is 14.3. The molecule has 0 N–H and O–H groups in total. The number of hydrogen-bond acceptors (Lipinski definition) is 2. The quantitative estimate of drug-likeness (QED) is 0.659. The molecule has 2 nitrogen and oxygen atoms in total. The van der Waals surface area contributed by atoms with Gasteiger partial charge < -0.3 is 4.90 Å². The molecule has 2 fully saturated rings. The Balaban J connectivity index is 0.00000171. The average Bonchev–Trinajstić information content (AvgIpc) is 3.41. The van der Waals surface area contributed by atoms with Gasteiger partial charge in [-0.05, 0) is 53.5 Å². The normalized spacial score (nSPS) is 30.4. The van der Waals surface area contributed by atoms with E-state index in [9.17, 15) is 4.79 Å². The molecule has 146 valence electrons. The van der Waals surface area contributed by atoms with Crippen LogP contribution >= 0.6 is 12.4 Å². The Morgan fingerprint density at radius 2 is 1.82 bits per heavy atom. The third-order valence-electron chi connectivity index (χ3n) is 8.05. The minimum Gasteiger partial charge on any atom is -0.302 e. The van der Waals surface area contributed by atoms with Crippen LogP contribution in [0.15, 0.2) is 42.5 Å². The van der Waals surface area contributed by atoms with Crippen molar-refractivity contribution in [1.82, 2.24) is 4.90 Å². The molecule has 3 unspecified atom stereocenters. The van der Waals surface area contributed by atoms with Crippen molar-refractivity contribution in [2.45, 2.75) is 49.4 Å². The van der Waals surface area contributed by atoms with Crippen LogP contribution < -0.4 is 0 Å². The van der Waals surface area contributed by atoms with Gasteiger partial charge in [0.15, 0.2) is 0 Å². The van der Waals surface area contributed by atoms with Gasteiger partial charge in [0.05, 0.1) is 0 Å². The highest BCUT2D eigenvalue weighted by atomic mass is 35.5. The molecular formula is C25H28ClNO. The molecule has 6 rings (SSSR count). The molecule has 0 aromatic heterocycles. The SMILES string of the molecule is Cl.O=Cc1ccc2c(c1)C13CC2c2ccccc2C1CN(CC1CCCC1)C3. The van der Waals surface area contributed by atoms with Gasteiger partial charge >= 0.3 is 0 Å². The maximum absolute atomic E-state index is 11.5. The van der Waals surface area contributed by atoms with E-state index in [1.165, 1.54) is 62.9 Å². The van der Waals surface area contributed by atoms with Gasteiger partial charge in [0.1, 0.15) is 6.29 Å². The van der Waals surface area contributed by atoms with E-state index >= 15 is 0 Å². The van der Waals surface area contributed by atoms with E-state index in [-0.39, 0.29) is 17.8 Å². The molecule has 1 saturated heterocycles. The van der Waals surface area contributed by atoms with Crippen LogP contribution in [0.25, 0.3) is 0 Å². The van der Waals surface area contributed by atoms with Crippen molar-refractivity contribution < 1.29 is 4.79 Å². The fraction of sp³-hybridized carbons (Fsp3) is 0.480. The van der Waals surface area contributed by atoms with E-state index in [4.69, 9.17) is 0 Å². The predicted octanol–water partition coefficient (Wildman–Crippen LogP) is 5.30. The van der Waals surface area contributed by atoms with Gasteiger partial charge in [-0.25, -0.2) is 0 Å². The van der Waals surface area contributed by atoms with Crippen LogP contribution in [0.2, 0.25) is 0 Å². The number of nitrogens with zero attached hydrogens (tertiary/aromatic N) is 1. The summed E-state index contributed by atoms with van der Waals surface area (Å²) in [5.74, 6) is 1.99. The summed E-state index contributed by atoms with van der Waals surface area (Å²) in [7, 11) is 0. The first-order valence-corrected chi connectivity index (χ1v) is 10.7. The second kappa shape index (κ2) is 6.71. The molecule has 0 amide bonds. The number of aldehydes is 1. The van der Waals surface area contributed by atoms with Gasteiger partial charge in [-0.2, -0.15) is 0 Å². The molecule has 2 aromatic carbocycles. The fourth-order valence-corrected chi connectivity index (χ4v) is 6.97. The molecule has 28 heavy (non-hydrogen) atoms. The molecule has 3 atom stereocenters. The van der Waals surface area contributed by atoms with E-state index in [0.29, 0.717) is 11.8 Å². The van der Waals surface area contributed by atoms with Crippen LogP contribution in [-0.2, 0) is 5.41 Å². The van der Waals surface area contributed by atoms with Crippen LogP contribution in [-0.4, -0.2) is 30.8 Å². The highest BCUT2D eigenvalue weighted by molar-refractivity contribution is 5.85. The number of carbonyl (C=O) groups excluding carboxylic acids is 1. The van der Waals surface area contributed by atoms with Gasteiger partial charge in [0, 0.05) is 42.4 Å². The van der Waals surface area contributed by atoms with Crippen molar-refractivity contribution in [3.05, 3.63) is 70.3 Å². The second-order valence-electron chi connectivity index (χ2n) is 9.40. The summed E-state index contributed by atoms with van der Waals surface area (Å²) in [6, 6.07) is 15.6. The second-order valence-corrected chi connectivity index (χ2v) is 9.40. The lowest BCUT2D eigenvalue weighted by molar-refractivity contribution is 0.112. The first-order valence-electron chi connectivity index (χ1n) is 10.7. The third kappa shape index (κ3) is 2.47. The number of hydrogen-bond donors (Lipinski definition) is 0. The Bertz CT molecular complexity index is 919. The zero-order chi connectivity index (χ0) is 18.0. The van der Waals surface area contributed by atoms with Crippen molar-refractivity contribution in [1.29, 1.82) is 0 Å². The van der Waals surface area contributed by atoms with E-state index in [2.05, 4.69) is 41.3 Å². The Labute approximate surface area is 173 Å². The van der Waals surface area contributed by atoms with E-state index in [1.54, 1.807) is 11.1 Å². The predicted molar refractivity (Wildman–Crippen MR) is 115 cm³/mol. The van der Waals surface area contributed by atoms with Crippen molar-refractivity contribution in [3.63, 3.8) is 0 Å². The van der Waals surface area contributed by atoms with Gasteiger partial charge in [-0.1, -0.05) is 49.2 Å². The minimum atomic E-state index is 0. The Kier molecular flexibility index (Phi) is 4.41. The minimum absolute atomic E-state index is 0. The maximum Gasteiger partial charge on any atom is 0.150 e. The van der Waals surface area contributed by atoms with Gasteiger partial charge in [0.25, 0.3) is 0 Å². The molecule has 0 radical (unpaired) electrons. The van der Waals surface area contributed by atoms with Crippen molar-refractivity contribution in [3.8, 4) is 0 Å². The van der Waals surface area contributed by atoms with Crippen LogP contribution in [0.4, 0.5) is 0 Å². The van der Waals surface area contributed by atoms with E-state index in [0.717, 1.165) is 17.8 Å². The lowest BCUT2D eigenvalue weighted by Gasteiger charge is -2.37. The van der Waals surface area contributed by atoms with Gasteiger partial charge in [-0.15, -0.1) is 12.4 Å². The zero-order valence-electron chi connectivity index (χ0n) is 16.3. The first kappa shape index (κ1) is 18.4. The lowest BCUT2D eigenvalue weighted by Crippen LogP contribution is -2.35. The molecule has 3 aliphatic carbocycles. The van der Waals surface area contributed by atoms with Crippen molar-refractivity contribution in [2.24, 2.45) is 5.92 Å². The number of fused-ring (bicyclic) bond motifs is 3. The smallest absolute Gasteiger partial charge is 0.150 e. The summed E-state index contributed by atoms with van der Waals surface area (Å²) in [5, 5.41) is 0. The molecule has 4 aliphatic rings. The van der Waals surface area contributed by atoms with Crippen LogP contribution in [0.5, 0.6) is 0 Å². The van der Waals surface area contributed by atoms with Crippen LogP contribution in [0, 0.1) is 5.92 Å². The molecule has 3 heteroatoms. The highest BCUT2D eigenvalue weighted by Gasteiger charge is 2.58. The van der Waals surface area contributed by atoms with Crippen molar-refractivity contribution in [2.75, 3.05) is 19.6 Å². The molecule has 2 aromatic rings. The van der Waals surface area contributed by atoms with E-state index < -0.39 is 0 Å². The monoisotopic (exact) mass is 393 g/mol. The maximum atomic E-state index is 11.5. The lowest BCUT2D eigenvalue weighted by atomic mass is 9.65. The van der Waals surface area contributed by atoms with Gasteiger partial charge in [-0.3, -0.25) is 4.79 Å². The fourth-order valence-electron chi connectivity index (χ4n) is 6.97. The summed E-state index contributed by atoms with van der Waals surface area (Å²) in [5.41, 5.74) is 7.13. The average molecular weight is 394 g/mol. The Hall–Kier alpha value is -1.64. The first-order chi connectivity index (χ1) is 13.3. The molecule has 1 aliphatic heterocycles. The highest BCUT2D eigenvalue weighted by Crippen LogP contribution is 2.63. The van der Waals surface area contributed by atoms with Crippen LogP contribution in [0.1, 0.15) is 76.6 Å². The third-order valence-corrected chi connectivity index (χ3v) is 8.05. The standard InChI is InChI=1S/C25H27NO.ClH/c27-15-18-9-10-21-22-12-25(23(21)11-18)16-26(13-17-5-1-2-6-17)14-24(25)20-8-4-3-7-19(20)22;/h3-4,7-11,15,17,22,24H,1-2,5-6,12-14,16H2;1H. The number of carbonyl (C=O) groups is 1. The molecular weight excluding hydrogens is 366 g/mol. The Morgan fingerprint density at radius 3 is 2.61 bits per heavy atom. The summed E-state index contributed by atoms with van der Waals surface area (Å²) in [6.07, 6.45) is 7.92. The zero-order valence-corrected chi connectivity index (χ0v) is 17.1. The number of rotatable bonds is 3. The molecule has 1 saturated carbocycles. The largest absolute Gasteiger partial charge is 0.302 e. The topological polar surface area (TPSA) is 20.3 Å².